The predicted octanol–water partition coefficient (Wildman–Crippen LogP) is 1.11. The van der Waals surface area contributed by atoms with Gasteiger partial charge < -0.3 is 11.1 Å². The van der Waals surface area contributed by atoms with Gasteiger partial charge in [0.25, 0.3) is 0 Å². The highest BCUT2D eigenvalue weighted by Gasteiger charge is 2.07. The zero-order valence-electron chi connectivity index (χ0n) is 9.80. The fourth-order valence-corrected chi connectivity index (χ4v) is 1.50. The zero-order valence-corrected chi connectivity index (χ0v) is 9.80. The van der Waals surface area contributed by atoms with Crippen LogP contribution in [0.3, 0.4) is 0 Å². The molecule has 1 aromatic heterocycles. The number of nitrogen functional groups attached to an aromatic ring is 1. The molecule has 0 unspecified atom stereocenters. The molecule has 0 radical (unpaired) electrons. The lowest BCUT2D eigenvalue weighted by Gasteiger charge is -2.06. The second kappa shape index (κ2) is 5.18. The molecule has 0 atom stereocenters. The summed E-state index contributed by atoms with van der Waals surface area (Å²) in [7, 11) is 0. The minimum absolute atomic E-state index is 0.0174. The van der Waals surface area contributed by atoms with E-state index in [0.29, 0.717) is 11.5 Å². The van der Waals surface area contributed by atoms with E-state index in [-0.39, 0.29) is 18.0 Å². The largest absolute Gasteiger partial charge is 0.382 e. The SMILES string of the molecule is N#Cc1cc(NC(=O)Cn2ccc(N)n2)ccc1F. The smallest absolute Gasteiger partial charge is 0.246 e. The number of nitrogens with two attached hydrogens (primary N) is 1. The monoisotopic (exact) mass is 259 g/mol. The molecule has 0 bridgehead atoms. The van der Waals surface area contributed by atoms with E-state index in [0.717, 1.165) is 6.07 Å². The van der Waals surface area contributed by atoms with Crippen LogP contribution < -0.4 is 11.1 Å². The number of amides is 1. The Hall–Kier alpha value is -2.88. The van der Waals surface area contributed by atoms with Gasteiger partial charge in [0.1, 0.15) is 24.2 Å². The van der Waals surface area contributed by atoms with Crippen molar-refractivity contribution >= 4 is 17.4 Å². The van der Waals surface area contributed by atoms with Gasteiger partial charge in [-0.1, -0.05) is 0 Å². The highest BCUT2D eigenvalue weighted by atomic mass is 19.1. The quantitative estimate of drug-likeness (QED) is 0.862. The Morgan fingerprint density at radius 3 is 2.95 bits per heavy atom. The summed E-state index contributed by atoms with van der Waals surface area (Å²) in [6.07, 6.45) is 1.57. The maximum Gasteiger partial charge on any atom is 0.246 e. The summed E-state index contributed by atoms with van der Waals surface area (Å²) < 4.78 is 14.5. The first-order chi connectivity index (χ1) is 9.08. The van der Waals surface area contributed by atoms with Crippen LogP contribution in [0.4, 0.5) is 15.9 Å². The van der Waals surface area contributed by atoms with Gasteiger partial charge in [0.2, 0.25) is 5.91 Å². The van der Waals surface area contributed by atoms with E-state index in [1.165, 1.54) is 16.8 Å². The third kappa shape index (κ3) is 3.07. The molecule has 19 heavy (non-hydrogen) atoms. The van der Waals surface area contributed by atoms with E-state index < -0.39 is 5.82 Å². The van der Waals surface area contributed by atoms with Crippen LogP contribution >= 0.6 is 0 Å². The molecule has 96 valence electrons. The minimum atomic E-state index is -0.625. The molecule has 2 rings (SSSR count). The van der Waals surface area contributed by atoms with Gasteiger partial charge in [-0.3, -0.25) is 9.48 Å². The van der Waals surface area contributed by atoms with Gasteiger partial charge >= 0.3 is 0 Å². The Morgan fingerprint density at radius 2 is 2.32 bits per heavy atom. The number of anilines is 2. The van der Waals surface area contributed by atoms with E-state index >= 15 is 0 Å². The van der Waals surface area contributed by atoms with Crippen LogP contribution in [-0.4, -0.2) is 15.7 Å². The topological polar surface area (TPSA) is 96.7 Å². The maximum atomic E-state index is 13.1. The summed E-state index contributed by atoms with van der Waals surface area (Å²) in [6.45, 7) is -0.0174. The first-order valence-electron chi connectivity index (χ1n) is 5.37. The van der Waals surface area contributed by atoms with Crippen molar-refractivity contribution in [3.05, 3.63) is 41.8 Å². The molecule has 2 aromatic rings. The highest BCUT2D eigenvalue weighted by molar-refractivity contribution is 5.90. The molecule has 0 saturated heterocycles. The van der Waals surface area contributed by atoms with Crippen molar-refractivity contribution in [2.24, 2.45) is 0 Å². The summed E-state index contributed by atoms with van der Waals surface area (Å²) >= 11 is 0. The molecule has 0 aliphatic heterocycles. The molecule has 0 saturated carbocycles. The van der Waals surface area contributed by atoms with Crippen LogP contribution in [0.5, 0.6) is 0 Å². The van der Waals surface area contributed by atoms with Gasteiger partial charge in [-0.15, -0.1) is 0 Å². The van der Waals surface area contributed by atoms with E-state index in [1.807, 2.05) is 0 Å². The highest BCUT2D eigenvalue weighted by Crippen LogP contribution is 2.13. The number of rotatable bonds is 3. The fourth-order valence-electron chi connectivity index (χ4n) is 1.50. The molecule has 1 amide bonds. The lowest BCUT2D eigenvalue weighted by atomic mass is 10.2. The number of halogens is 1. The molecule has 0 aliphatic carbocycles. The molecular weight excluding hydrogens is 249 g/mol. The van der Waals surface area contributed by atoms with E-state index in [1.54, 1.807) is 18.3 Å². The van der Waals surface area contributed by atoms with Crippen LogP contribution in [0.25, 0.3) is 0 Å². The van der Waals surface area contributed by atoms with Crippen molar-refractivity contribution in [3.8, 4) is 6.07 Å². The summed E-state index contributed by atoms with van der Waals surface area (Å²) in [5.41, 5.74) is 5.65. The van der Waals surface area contributed by atoms with Crippen molar-refractivity contribution in [3.63, 3.8) is 0 Å². The first kappa shape index (κ1) is 12.6. The van der Waals surface area contributed by atoms with Crippen LogP contribution in [0.1, 0.15) is 5.56 Å². The molecule has 0 fully saturated rings. The van der Waals surface area contributed by atoms with Crippen LogP contribution in [0, 0.1) is 17.1 Å². The molecule has 1 heterocycles. The molecule has 7 heteroatoms. The van der Waals surface area contributed by atoms with E-state index in [2.05, 4.69) is 10.4 Å². The second-order valence-corrected chi connectivity index (χ2v) is 3.79. The van der Waals surface area contributed by atoms with Gasteiger partial charge in [-0.2, -0.15) is 10.4 Å². The lowest BCUT2D eigenvalue weighted by molar-refractivity contribution is -0.116. The van der Waals surface area contributed by atoms with Gasteiger partial charge in [0, 0.05) is 11.9 Å². The predicted molar refractivity (Wildman–Crippen MR) is 66.4 cm³/mol. The first-order valence-corrected chi connectivity index (χ1v) is 5.37. The normalized spacial score (nSPS) is 9.89. The van der Waals surface area contributed by atoms with Crippen molar-refractivity contribution in [1.82, 2.24) is 9.78 Å². The summed E-state index contributed by atoms with van der Waals surface area (Å²) in [5.74, 6) is -0.653. The number of nitrogens with zero attached hydrogens (tertiary/aromatic N) is 3. The van der Waals surface area contributed by atoms with Gasteiger partial charge in [0.05, 0.1) is 5.56 Å². The van der Waals surface area contributed by atoms with Gasteiger partial charge in [-0.05, 0) is 24.3 Å². The summed E-state index contributed by atoms with van der Waals surface area (Å²) in [5, 5.41) is 15.1. The standard InChI is InChI=1S/C12H10FN5O/c13-10-2-1-9(5-8(10)6-14)16-12(19)7-18-4-3-11(15)17-18/h1-5H,7H2,(H2,15,17)(H,16,19). The molecule has 6 nitrogen and oxygen atoms in total. The second-order valence-electron chi connectivity index (χ2n) is 3.79. The number of hydrogen-bond donors (Lipinski definition) is 2. The van der Waals surface area contributed by atoms with Crippen molar-refractivity contribution in [1.29, 1.82) is 5.26 Å². The average Bonchev–Trinajstić information content (AvgIpc) is 2.77. The number of hydrogen-bond acceptors (Lipinski definition) is 4. The maximum absolute atomic E-state index is 13.1. The number of carbonyl (C=O) groups is 1. The van der Waals surface area contributed by atoms with Crippen molar-refractivity contribution < 1.29 is 9.18 Å². The average molecular weight is 259 g/mol. The van der Waals surface area contributed by atoms with Crippen molar-refractivity contribution in [2.75, 3.05) is 11.1 Å². The minimum Gasteiger partial charge on any atom is -0.382 e. The third-order valence-corrected chi connectivity index (χ3v) is 2.34. The fraction of sp³-hybridized carbons (Fsp3) is 0.0833. The molecule has 0 aliphatic rings. The molecule has 1 aromatic carbocycles. The van der Waals surface area contributed by atoms with E-state index in [4.69, 9.17) is 11.0 Å². The number of benzene rings is 1. The Labute approximate surface area is 108 Å². The van der Waals surface area contributed by atoms with E-state index in [9.17, 15) is 9.18 Å². The summed E-state index contributed by atoms with van der Waals surface area (Å²) in [4.78, 5) is 11.7. The lowest BCUT2D eigenvalue weighted by Crippen LogP contribution is -2.19. The van der Waals surface area contributed by atoms with Crippen LogP contribution in [0.15, 0.2) is 30.5 Å². The molecule has 0 spiro atoms. The number of carbonyl (C=O) groups excluding carboxylic acids is 1. The number of aromatic nitrogens is 2. The summed E-state index contributed by atoms with van der Waals surface area (Å²) in [6, 6.07) is 7.04. The number of nitrogens with one attached hydrogen (secondary N) is 1. The van der Waals surface area contributed by atoms with Crippen LogP contribution in [-0.2, 0) is 11.3 Å². The van der Waals surface area contributed by atoms with Gasteiger partial charge in [0.15, 0.2) is 0 Å². The Balaban J connectivity index is 2.05. The Kier molecular flexibility index (Phi) is 3.43. The molecular formula is C12H10FN5O. The number of nitriles is 1. The third-order valence-electron chi connectivity index (χ3n) is 2.34. The zero-order chi connectivity index (χ0) is 13.8. The van der Waals surface area contributed by atoms with Crippen LogP contribution in [0.2, 0.25) is 0 Å². The Morgan fingerprint density at radius 1 is 1.53 bits per heavy atom. The van der Waals surface area contributed by atoms with Crippen molar-refractivity contribution in [2.45, 2.75) is 6.54 Å². The van der Waals surface area contributed by atoms with Gasteiger partial charge in [-0.25, -0.2) is 4.39 Å². The Bertz CT molecular complexity index is 658. The molecule has 3 N–H and O–H groups in total.